The van der Waals surface area contributed by atoms with Gasteiger partial charge in [-0.25, -0.2) is 9.97 Å². The molecule has 0 spiro atoms. The van der Waals surface area contributed by atoms with Crippen LogP contribution in [0.5, 0.6) is 0 Å². The van der Waals surface area contributed by atoms with E-state index in [9.17, 15) is 0 Å². The Morgan fingerprint density at radius 1 is 0.900 bits per heavy atom. The third-order valence-electron chi connectivity index (χ3n) is 5.56. The lowest BCUT2D eigenvalue weighted by Crippen LogP contribution is -2.34. The van der Waals surface area contributed by atoms with Crippen LogP contribution < -0.4 is 4.90 Å². The summed E-state index contributed by atoms with van der Waals surface area (Å²) in [5.41, 5.74) is 2.31. The number of nitrogens with zero attached hydrogens (tertiary/aromatic N) is 4. The molecule has 0 saturated carbocycles. The van der Waals surface area contributed by atoms with Crippen LogP contribution in [-0.2, 0) is 0 Å². The summed E-state index contributed by atoms with van der Waals surface area (Å²) >= 11 is 14.1. The molecular formula is C23H20Cl2N4S. The molecule has 1 aliphatic heterocycles. The first-order chi connectivity index (χ1) is 14.7. The van der Waals surface area contributed by atoms with Crippen molar-refractivity contribution in [2.75, 3.05) is 18.0 Å². The maximum atomic E-state index is 6.38. The maximum absolute atomic E-state index is 6.38. The topological polar surface area (TPSA) is 33.4 Å². The number of benzene rings is 2. The first kappa shape index (κ1) is 19.7. The summed E-state index contributed by atoms with van der Waals surface area (Å²) in [4.78, 5) is 13.6. The van der Waals surface area contributed by atoms with E-state index in [0.29, 0.717) is 16.0 Å². The lowest BCUT2D eigenvalue weighted by Gasteiger charge is -2.33. The Kier molecular flexibility index (Phi) is 5.59. The van der Waals surface area contributed by atoms with E-state index in [1.807, 2.05) is 30.7 Å². The monoisotopic (exact) mass is 454 g/mol. The van der Waals surface area contributed by atoms with Crippen LogP contribution in [0.2, 0.25) is 10.0 Å². The van der Waals surface area contributed by atoms with Crippen LogP contribution in [0.4, 0.5) is 5.95 Å². The molecule has 1 saturated heterocycles. The molecule has 0 unspecified atom stereocenters. The van der Waals surface area contributed by atoms with Gasteiger partial charge in [-0.15, -0.1) is 0 Å². The molecule has 2 aromatic carbocycles. The number of hydrogen-bond acceptors (Lipinski definition) is 4. The van der Waals surface area contributed by atoms with E-state index in [1.165, 1.54) is 17.3 Å². The molecule has 30 heavy (non-hydrogen) atoms. The minimum Gasteiger partial charge on any atom is -0.342 e. The Balaban J connectivity index is 1.39. The summed E-state index contributed by atoms with van der Waals surface area (Å²) in [5, 5.41) is 1.10. The fraction of sp³-hybridized carbons (Fsp3) is 0.217. The van der Waals surface area contributed by atoms with Gasteiger partial charge in [0, 0.05) is 36.6 Å². The van der Waals surface area contributed by atoms with Crippen molar-refractivity contribution < 1.29 is 0 Å². The molecule has 0 atom stereocenters. The predicted molar refractivity (Wildman–Crippen MR) is 124 cm³/mol. The maximum Gasteiger partial charge on any atom is 0.211 e. The quantitative estimate of drug-likeness (QED) is 0.349. The fourth-order valence-electron chi connectivity index (χ4n) is 4.01. The highest BCUT2D eigenvalue weighted by Gasteiger charge is 2.23. The van der Waals surface area contributed by atoms with E-state index in [4.69, 9.17) is 28.2 Å². The summed E-state index contributed by atoms with van der Waals surface area (Å²) in [5.74, 6) is 1.55. The average molecular weight is 455 g/mol. The Hall–Kier alpha value is -2.21. The normalized spacial score (nSPS) is 15.1. The van der Waals surface area contributed by atoms with Crippen molar-refractivity contribution in [3.05, 3.63) is 82.7 Å². The fourth-order valence-corrected chi connectivity index (χ4v) is 5.41. The van der Waals surface area contributed by atoms with Crippen molar-refractivity contribution in [1.29, 1.82) is 0 Å². The van der Waals surface area contributed by atoms with Crippen LogP contribution in [-0.4, -0.2) is 27.5 Å². The summed E-state index contributed by atoms with van der Waals surface area (Å²) in [6, 6.07) is 16.5. The molecule has 0 aliphatic carbocycles. The molecule has 0 amide bonds. The molecule has 5 rings (SSSR count). The van der Waals surface area contributed by atoms with Crippen molar-refractivity contribution in [3.63, 3.8) is 0 Å². The zero-order valence-electron chi connectivity index (χ0n) is 16.2. The van der Waals surface area contributed by atoms with E-state index in [2.05, 4.69) is 44.6 Å². The first-order valence-electron chi connectivity index (χ1n) is 9.94. The van der Waals surface area contributed by atoms with Gasteiger partial charge in [0.15, 0.2) is 5.65 Å². The molecule has 0 N–H and O–H groups in total. The van der Waals surface area contributed by atoms with Crippen LogP contribution in [0.1, 0.15) is 24.3 Å². The molecule has 2 aromatic heterocycles. The van der Waals surface area contributed by atoms with Gasteiger partial charge in [-0.3, -0.25) is 4.40 Å². The van der Waals surface area contributed by atoms with Gasteiger partial charge in [0.25, 0.3) is 0 Å². The first-order valence-corrected chi connectivity index (χ1v) is 11.5. The third-order valence-corrected chi connectivity index (χ3v) is 7.56. The molecule has 0 radical (unpaired) electrons. The largest absolute Gasteiger partial charge is 0.342 e. The number of rotatable bonds is 4. The summed E-state index contributed by atoms with van der Waals surface area (Å²) < 4.78 is 2.07. The second-order valence-electron chi connectivity index (χ2n) is 7.37. The molecule has 4 aromatic rings. The molecule has 7 heteroatoms. The van der Waals surface area contributed by atoms with Gasteiger partial charge in [-0.1, -0.05) is 71.4 Å². The zero-order chi connectivity index (χ0) is 20.5. The van der Waals surface area contributed by atoms with E-state index in [0.717, 1.165) is 47.3 Å². The molecule has 1 fully saturated rings. The SMILES string of the molecule is Clc1cccc(Sc2cnc(N3CCC(c4ccccc4)CC3)n3ccnc23)c1Cl. The number of aromatic nitrogens is 3. The minimum absolute atomic E-state index is 0.548. The third kappa shape index (κ3) is 3.78. The molecule has 3 heterocycles. The molecule has 1 aliphatic rings. The van der Waals surface area contributed by atoms with Gasteiger partial charge in [0.05, 0.1) is 14.9 Å². The molecular weight excluding hydrogens is 435 g/mol. The van der Waals surface area contributed by atoms with Crippen LogP contribution in [0.3, 0.4) is 0 Å². The van der Waals surface area contributed by atoms with Crippen molar-refractivity contribution >= 4 is 46.6 Å². The van der Waals surface area contributed by atoms with Gasteiger partial charge in [-0.2, -0.15) is 0 Å². The molecule has 0 bridgehead atoms. The number of imidazole rings is 1. The van der Waals surface area contributed by atoms with Crippen molar-refractivity contribution in [1.82, 2.24) is 14.4 Å². The number of anilines is 1. The zero-order valence-corrected chi connectivity index (χ0v) is 18.5. The second kappa shape index (κ2) is 8.50. The summed E-state index contributed by atoms with van der Waals surface area (Å²) in [6.07, 6.45) is 7.93. The average Bonchev–Trinajstić information content (AvgIpc) is 3.28. The van der Waals surface area contributed by atoms with Gasteiger partial charge in [-0.05, 0) is 36.5 Å². The smallest absolute Gasteiger partial charge is 0.211 e. The lowest BCUT2D eigenvalue weighted by molar-refractivity contribution is 0.498. The lowest BCUT2D eigenvalue weighted by atomic mass is 9.90. The Labute approximate surface area is 189 Å². The van der Waals surface area contributed by atoms with Crippen molar-refractivity contribution in [3.8, 4) is 0 Å². The highest BCUT2D eigenvalue weighted by atomic mass is 35.5. The number of piperidine rings is 1. The van der Waals surface area contributed by atoms with E-state index >= 15 is 0 Å². The van der Waals surface area contributed by atoms with Gasteiger partial charge in [0.2, 0.25) is 5.95 Å². The van der Waals surface area contributed by atoms with E-state index in [1.54, 1.807) is 6.07 Å². The van der Waals surface area contributed by atoms with Crippen molar-refractivity contribution in [2.24, 2.45) is 0 Å². The standard InChI is InChI=1S/C23H20Cl2N4S/c24-18-7-4-8-19(21(18)25)30-20-15-27-23(29-14-11-26-22(20)29)28-12-9-17(10-13-28)16-5-2-1-3-6-16/h1-8,11,14-15,17H,9-10,12-13H2. The number of fused-ring (bicyclic) bond motifs is 1. The van der Waals surface area contributed by atoms with E-state index < -0.39 is 0 Å². The minimum atomic E-state index is 0.548. The highest BCUT2D eigenvalue weighted by molar-refractivity contribution is 7.99. The van der Waals surface area contributed by atoms with Gasteiger partial charge >= 0.3 is 0 Å². The molecule has 4 nitrogen and oxygen atoms in total. The van der Waals surface area contributed by atoms with E-state index in [-0.39, 0.29) is 0 Å². The van der Waals surface area contributed by atoms with Crippen LogP contribution in [0.25, 0.3) is 5.65 Å². The van der Waals surface area contributed by atoms with Crippen LogP contribution in [0, 0.1) is 0 Å². The highest BCUT2D eigenvalue weighted by Crippen LogP contribution is 2.39. The number of halogens is 2. The summed E-state index contributed by atoms with van der Waals surface area (Å²) in [7, 11) is 0. The van der Waals surface area contributed by atoms with Crippen LogP contribution in [0.15, 0.2) is 76.9 Å². The predicted octanol–water partition coefficient (Wildman–Crippen LogP) is 6.57. The van der Waals surface area contributed by atoms with Gasteiger partial charge < -0.3 is 4.90 Å². The Morgan fingerprint density at radius 2 is 1.70 bits per heavy atom. The summed E-state index contributed by atoms with van der Waals surface area (Å²) in [6.45, 7) is 1.96. The van der Waals surface area contributed by atoms with Crippen LogP contribution >= 0.6 is 35.0 Å². The molecule has 152 valence electrons. The number of hydrogen-bond donors (Lipinski definition) is 0. The van der Waals surface area contributed by atoms with Gasteiger partial charge in [0.1, 0.15) is 0 Å². The second-order valence-corrected chi connectivity index (χ2v) is 9.24. The Morgan fingerprint density at radius 3 is 2.50 bits per heavy atom. The Bertz CT molecular complexity index is 1170. The van der Waals surface area contributed by atoms with Crippen molar-refractivity contribution in [2.45, 2.75) is 28.6 Å².